The Morgan fingerprint density at radius 3 is 2.47 bits per heavy atom. The molecule has 0 aliphatic carbocycles. The van der Waals surface area contributed by atoms with Crippen molar-refractivity contribution < 1.29 is 9.13 Å². The largest absolute Gasteiger partial charge is 0.494 e. The molecule has 1 N–H and O–H groups in total. The average Bonchev–Trinajstić information content (AvgIpc) is 2.44. The van der Waals surface area contributed by atoms with Gasteiger partial charge in [0.15, 0.2) is 11.6 Å². The van der Waals surface area contributed by atoms with E-state index < -0.39 is 0 Å². The lowest BCUT2D eigenvalue weighted by atomic mass is 10.0. The summed E-state index contributed by atoms with van der Waals surface area (Å²) in [5.74, 6) is -0.00626. The molecular formula is C15H24FNOS. The smallest absolute Gasteiger partial charge is 0.165 e. The zero-order chi connectivity index (χ0) is 14.3. The third-order valence-corrected chi connectivity index (χ3v) is 5.30. The maximum absolute atomic E-state index is 13.6. The van der Waals surface area contributed by atoms with Crippen LogP contribution in [0, 0.1) is 5.82 Å². The third kappa shape index (κ3) is 4.39. The average molecular weight is 285 g/mol. The molecular weight excluding hydrogens is 261 g/mol. The first-order chi connectivity index (χ1) is 9.10. The first-order valence-corrected chi connectivity index (χ1v) is 7.91. The van der Waals surface area contributed by atoms with Gasteiger partial charge >= 0.3 is 0 Å². The van der Waals surface area contributed by atoms with E-state index in [0.29, 0.717) is 12.3 Å². The summed E-state index contributed by atoms with van der Waals surface area (Å²) in [7, 11) is 1.48. The van der Waals surface area contributed by atoms with Gasteiger partial charge in [0.25, 0.3) is 0 Å². The van der Waals surface area contributed by atoms with E-state index in [4.69, 9.17) is 4.74 Å². The van der Waals surface area contributed by atoms with Gasteiger partial charge in [0.2, 0.25) is 0 Å². The van der Waals surface area contributed by atoms with Crippen molar-refractivity contribution in [2.24, 2.45) is 0 Å². The van der Waals surface area contributed by atoms with Crippen LogP contribution in [0.1, 0.15) is 32.3 Å². The van der Waals surface area contributed by atoms with Crippen LogP contribution in [-0.4, -0.2) is 24.7 Å². The molecule has 4 heteroatoms. The fraction of sp³-hybridized carbons (Fsp3) is 0.600. The lowest BCUT2D eigenvalue weighted by Crippen LogP contribution is -2.36. The standard InChI is InChI=1S/C15H24FNOS/c1-5-15(6-2,19-4)11-17-10-12-7-8-14(18-3)13(16)9-12/h7-9,17H,5-6,10-11H2,1-4H3. The van der Waals surface area contributed by atoms with Crippen LogP contribution in [0.5, 0.6) is 5.75 Å². The summed E-state index contributed by atoms with van der Waals surface area (Å²) in [6, 6.07) is 5.10. The quantitative estimate of drug-likeness (QED) is 0.784. The van der Waals surface area contributed by atoms with Crippen molar-refractivity contribution in [2.75, 3.05) is 19.9 Å². The predicted octanol–water partition coefficient (Wildman–Crippen LogP) is 3.85. The molecule has 19 heavy (non-hydrogen) atoms. The van der Waals surface area contributed by atoms with Crippen molar-refractivity contribution in [3.63, 3.8) is 0 Å². The van der Waals surface area contributed by atoms with Gasteiger partial charge in [0.05, 0.1) is 7.11 Å². The van der Waals surface area contributed by atoms with Gasteiger partial charge in [-0.2, -0.15) is 11.8 Å². The molecule has 108 valence electrons. The molecule has 0 heterocycles. The highest BCUT2D eigenvalue weighted by Gasteiger charge is 2.23. The minimum Gasteiger partial charge on any atom is -0.494 e. The van der Waals surface area contributed by atoms with Crippen LogP contribution in [0.25, 0.3) is 0 Å². The van der Waals surface area contributed by atoms with Gasteiger partial charge < -0.3 is 10.1 Å². The minimum absolute atomic E-state index is 0.283. The zero-order valence-electron chi connectivity index (χ0n) is 12.3. The first kappa shape index (κ1) is 16.3. The summed E-state index contributed by atoms with van der Waals surface area (Å²) in [5.41, 5.74) is 0.945. The maximum Gasteiger partial charge on any atom is 0.165 e. The summed E-state index contributed by atoms with van der Waals surface area (Å²) < 4.78 is 18.7. The Morgan fingerprint density at radius 1 is 1.32 bits per heavy atom. The number of hydrogen-bond acceptors (Lipinski definition) is 3. The van der Waals surface area contributed by atoms with Gasteiger partial charge in [0, 0.05) is 17.8 Å². The molecule has 1 rings (SSSR count). The van der Waals surface area contributed by atoms with Gasteiger partial charge in [-0.15, -0.1) is 0 Å². The highest BCUT2D eigenvalue weighted by molar-refractivity contribution is 8.00. The second kappa shape index (κ2) is 7.75. The minimum atomic E-state index is -0.302. The van der Waals surface area contributed by atoms with Crippen molar-refractivity contribution in [2.45, 2.75) is 38.0 Å². The summed E-state index contributed by atoms with van der Waals surface area (Å²) in [4.78, 5) is 0. The summed E-state index contributed by atoms with van der Waals surface area (Å²) >= 11 is 1.91. The molecule has 0 fully saturated rings. The molecule has 0 atom stereocenters. The molecule has 1 aromatic rings. The lowest BCUT2D eigenvalue weighted by molar-refractivity contribution is 0.386. The highest BCUT2D eigenvalue weighted by atomic mass is 32.2. The summed E-state index contributed by atoms with van der Waals surface area (Å²) in [6.07, 6.45) is 4.42. The lowest BCUT2D eigenvalue weighted by Gasteiger charge is -2.30. The van der Waals surface area contributed by atoms with Crippen LogP contribution in [0.4, 0.5) is 4.39 Å². The number of halogens is 1. The Bertz CT molecular complexity index is 385. The zero-order valence-corrected chi connectivity index (χ0v) is 13.1. The maximum atomic E-state index is 13.6. The molecule has 0 saturated heterocycles. The fourth-order valence-corrected chi connectivity index (χ4v) is 2.94. The van der Waals surface area contributed by atoms with Crippen molar-refractivity contribution in [1.82, 2.24) is 5.32 Å². The van der Waals surface area contributed by atoms with E-state index in [-0.39, 0.29) is 10.6 Å². The van der Waals surface area contributed by atoms with E-state index >= 15 is 0 Å². The van der Waals surface area contributed by atoms with Crippen molar-refractivity contribution >= 4 is 11.8 Å². The van der Waals surface area contributed by atoms with Crippen LogP contribution in [0.15, 0.2) is 18.2 Å². The number of rotatable bonds is 8. The molecule has 0 amide bonds. The van der Waals surface area contributed by atoms with Gasteiger partial charge in [-0.1, -0.05) is 19.9 Å². The number of benzene rings is 1. The molecule has 0 bridgehead atoms. The van der Waals surface area contributed by atoms with E-state index in [2.05, 4.69) is 25.4 Å². The molecule has 2 nitrogen and oxygen atoms in total. The topological polar surface area (TPSA) is 21.3 Å². The Hall–Kier alpha value is -0.740. The molecule has 0 spiro atoms. The van der Waals surface area contributed by atoms with Crippen LogP contribution < -0.4 is 10.1 Å². The van der Waals surface area contributed by atoms with Crippen LogP contribution in [0.2, 0.25) is 0 Å². The number of thioether (sulfide) groups is 1. The van der Waals surface area contributed by atoms with E-state index in [1.54, 1.807) is 6.07 Å². The molecule has 0 aromatic heterocycles. The fourth-order valence-electron chi connectivity index (χ4n) is 2.12. The van der Waals surface area contributed by atoms with Crippen LogP contribution in [-0.2, 0) is 6.54 Å². The second-order valence-electron chi connectivity index (χ2n) is 4.67. The Balaban J connectivity index is 2.55. The monoisotopic (exact) mass is 285 g/mol. The van der Waals surface area contributed by atoms with Gasteiger partial charge in [0.1, 0.15) is 0 Å². The Labute approximate surface area is 120 Å². The third-order valence-electron chi connectivity index (χ3n) is 3.71. The van der Waals surface area contributed by atoms with Crippen molar-refractivity contribution in [3.05, 3.63) is 29.6 Å². The van der Waals surface area contributed by atoms with Crippen molar-refractivity contribution in [3.8, 4) is 5.75 Å². The number of ether oxygens (including phenoxy) is 1. The summed E-state index contributed by atoms with van der Waals surface area (Å²) in [6.45, 7) is 6.06. The molecule has 0 unspecified atom stereocenters. The SMILES string of the molecule is CCC(CC)(CNCc1ccc(OC)c(F)c1)SC. The van der Waals surface area contributed by atoms with E-state index in [1.807, 2.05) is 17.8 Å². The van der Waals surface area contributed by atoms with Gasteiger partial charge in [-0.3, -0.25) is 0 Å². The van der Waals surface area contributed by atoms with E-state index in [1.165, 1.54) is 13.2 Å². The van der Waals surface area contributed by atoms with Crippen LogP contribution in [0.3, 0.4) is 0 Å². The van der Waals surface area contributed by atoms with E-state index in [9.17, 15) is 4.39 Å². The number of methoxy groups -OCH3 is 1. The molecule has 0 aliphatic rings. The highest BCUT2D eigenvalue weighted by Crippen LogP contribution is 2.29. The summed E-state index contributed by atoms with van der Waals surface area (Å²) in [5, 5.41) is 3.43. The Morgan fingerprint density at radius 2 is 2.00 bits per heavy atom. The molecule has 0 saturated carbocycles. The molecule has 0 radical (unpaired) electrons. The van der Waals surface area contributed by atoms with Crippen molar-refractivity contribution in [1.29, 1.82) is 0 Å². The number of hydrogen-bond donors (Lipinski definition) is 1. The molecule has 0 aliphatic heterocycles. The van der Waals surface area contributed by atoms with Crippen LogP contribution >= 0.6 is 11.8 Å². The number of nitrogens with one attached hydrogen (secondary N) is 1. The Kier molecular flexibility index (Phi) is 6.66. The molecule has 1 aromatic carbocycles. The normalized spacial score (nSPS) is 11.6. The second-order valence-corrected chi connectivity index (χ2v) is 5.94. The predicted molar refractivity (Wildman–Crippen MR) is 81.5 cm³/mol. The van der Waals surface area contributed by atoms with E-state index in [0.717, 1.165) is 24.9 Å². The first-order valence-electron chi connectivity index (χ1n) is 6.69. The van der Waals surface area contributed by atoms with Gasteiger partial charge in [-0.25, -0.2) is 4.39 Å². The van der Waals surface area contributed by atoms with Gasteiger partial charge in [-0.05, 0) is 36.8 Å².